The molecule has 0 bridgehead atoms. The van der Waals surface area contributed by atoms with E-state index in [-0.39, 0.29) is 37.4 Å². The maximum atomic E-state index is 13.7. The first-order chi connectivity index (χ1) is 18.5. The van der Waals surface area contributed by atoms with Crippen molar-refractivity contribution in [3.05, 3.63) is 64.2 Å². The van der Waals surface area contributed by atoms with E-state index in [0.29, 0.717) is 23.6 Å². The van der Waals surface area contributed by atoms with Gasteiger partial charge in [-0.15, -0.1) is 0 Å². The first-order valence-electron chi connectivity index (χ1n) is 13.9. The van der Waals surface area contributed by atoms with Gasteiger partial charge in [0.05, 0.1) is 11.9 Å². The average Bonchev–Trinajstić information content (AvgIpc) is 2.89. The standard InChI is InChI=1S/C30H42ClN3O4S/c1-5-27(30(36)32-26-12-7-6-8-13-26)33(21-24-16-18-25(31)19-17-24)29(35)15-10-20-34(39(4,37)38)28-14-9-11-22(2)23(28)3/h9,11,14,16-19,26-27H,5-8,10,12-13,15,20-21H2,1-4H3,(H,32,36)/t27-/m1/s1. The number of sulfonamides is 1. The van der Waals surface area contributed by atoms with E-state index in [0.717, 1.165) is 42.4 Å². The van der Waals surface area contributed by atoms with E-state index in [9.17, 15) is 18.0 Å². The smallest absolute Gasteiger partial charge is 0.243 e. The number of hydrogen-bond acceptors (Lipinski definition) is 4. The number of carbonyl (C=O) groups excluding carboxylic acids is 2. The van der Waals surface area contributed by atoms with Crippen molar-refractivity contribution in [3.8, 4) is 0 Å². The van der Waals surface area contributed by atoms with Crippen LogP contribution < -0.4 is 9.62 Å². The second-order valence-corrected chi connectivity index (χ2v) is 12.9. The molecule has 1 aliphatic rings. The van der Waals surface area contributed by atoms with Gasteiger partial charge in [0.2, 0.25) is 21.8 Å². The highest BCUT2D eigenvalue weighted by molar-refractivity contribution is 7.92. The number of rotatable bonds is 12. The minimum Gasteiger partial charge on any atom is -0.352 e. The molecular weight excluding hydrogens is 534 g/mol. The summed E-state index contributed by atoms with van der Waals surface area (Å²) < 4.78 is 26.7. The van der Waals surface area contributed by atoms with Gasteiger partial charge in [-0.2, -0.15) is 0 Å². The summed E-state index contributed by atoms with van der Waals surface area (Å²) in [6.45, 7) is 6.21. The zero-order chi connectivity index (χ0) is 28.6. The molecule has 214 valence electrons. The predicted molar refractivity (Wildman–Crippen MR) is 158 cm³/mol. The number of nitrogens with one attached hydrogen (secondary N) is 1. The third kappa shape index (κ3) is 8.70. The summed E-state index contributed by atoms with van der Waals surface area (Å²) in [5, 5.41) is 3.79. The van der Waals surface area contributed by atoms with E-state index in [4.69, 9.17) is 11.6 Å². The quantitative estimate of drug-likeness (QED) is 0.349. The van der Waals surface area contributed by atoms with Gasteiger partial charge < -0.3 is 10.2 Å². The maximum absolute atomic E-state index is 13.7. The Bertz CT molecular complexity index is 1230. The number of carbonyl (C=O) groups is 2. The Kier molecular flexibility index (Phi) is 11.2. The second-order valence-electron chi connectivity index (χ2n) is 10.6. The van der Waals surface area contributed by atoms with Gasteiger partial charge in [-0.1, -0.05) is 62.1 Å². The van der Waals surface area contributed by atoms with Gasteiger partial charge in [-0.25, -0.2) is 8.42 Å². The van der Waals surface area contributed by atoms with Gasteiger partial charge >= 0.3 is 0 Å². The summed E-state index contributed by atoms with van der Waals surface area (Å²) in [6, 6.07) is 12.4. The number of aryl methyl sites for hydroxylation is 1. The van der Waals surface area contributed by atoms with Crippen molar-refractivity contribution in [2.75, 3.05) is 17.1 Å². The van der Waals surface area contributed by atoms with Crippen LogP contribution in [-0.2, 0) is 26.2 Å². The molecule has 2 aromatic carbocycles. The molecule has 1 N–H and O–H groups in total. The molecule has 0 aliphatic heterocycles. The molecule has 7 nitrogen and oxygen atoms in total. The summed E-state index contributed by atoms with van der Waals surface area (Å²) in [5.74, 6) is -0.301. The Hall–Kier alpha value is -2.58. The summed E-state index contributed by atoms with van der Waals surface area (Å²) in [4.78, 5) is 28.7. The predicted octanol–water partition coefficient (Wildman–Crippen LogP) is 5.76. The molecule has 9 heteroatoms. The maximum Gasteiger partial charge on any atom is 0.243 e. The molecule has 1 fully saturated rings. The van der Waals surface area contributed by atoms with Crippen LogP contribution in [-0.4, -0.2) is 50.0 Å². The molecule has 0 radical (unpaired) electrons. The number of benzene rings is 2. The van der Waals surface area contributed by atoms with Crippen LogP contribution in [0.5, 0.6) is 0 Å². The summed E-state index contributed by atoms with van der Waals surface area (Å²) in [5.41, 5.74) is 3.40. The molecule has 39 heavy (non-hydrogen) atoms. The van der Waals surface area contributed by atoms with Crippen molar-refractivity contribution in [2.24, 2.45) is 0 Å². The summed E-state index contributed by atoms with van der Waals surface area (Å²) in [7, 11) is -3.55. The molecule has 3 rings (SSSR count). The first-order valence-corrected chi connectivity index (χ1v) is 16.1. The van der Waals surface area contributed by atoms with Gasteiger partial charge in [0.25, 0.3) is 0 Å². The molecule has 1 saturated carbocycles. The van der Waals surface area contributed by atoms with Crippen LogP contribution in [0.4, 0.5) is 5.69 Å². The number of anilines is 1. The van der Waals surface area contributed by atoms with Gasteiger partial charge in [-0.05, 0) is 74.4 Å². The Labute approximate surface area is 239 Å². The number of halogens is 1. The zero-order valence-corrected chi connectivity index (χ0v) is 25.2. The van der Waals surface area contributed by atoms with Crippen LogP contribution in [0.1, 0.15) is 75.0 Å². The highest BCUT2D eigenvalue weighted by Crippen LogP contribution is 2.26. The van der Waals surface area contributed by atoms with E-state index in [2.05, 4.69) is 5.32 Å². The molecular formula is C30H42ClN3O4S. The molecule has 0 unspecified atom stereocenters. The van der Waals surface area contributed by atoms with Gasteiger partial charge in [-0.3, -0.25) is 13.9 Å². The largest absolute Gasteiger partial charge is 0.352 e. The van der Waals surface area contributed by atoms with Gasteiger partial charge in [0.15, 0.2) is 0 Å². The number of nitrogens with zero attached hydrogens (tertiary/aromatic N) is 2. The monoisotopic (exact) mass is 575 g/mol. The fourth-order valence-electron chi connectivity index (χ4n) is 5.24. The molecule has 0 aromatic heterocycles. The van der Waals surface area contributed by atoms with Crippen molar-refractivity contribution >= 4 is 39.1 Å². The molecule has 0 spiro atoms. The Morgan fingerprint density at radius 3 is 2.33 bits per heavy atom. The number of hydrogen-bond donors (Lipinski definition) is 1. The lowest BCUT2D eigenvalue weighted by Crippen LogP contribution is -2.51. The third-order valence-electron chi connectivity index (χ3n) is 7.60. The highest BCUT2D eigenvalue weighted by Gasteiger charge is 2.30. The Balaban J connectivity index is 1.77. The van der Waals surface area contributed by atoms with Crippen LogP contribution >= 0.6 is 11.6 Å². The average molecular weight is 576 g/mol. The van der Waals surface area contributed by atoms with Crippen LogP contribution in [0, 0.1) is 13.8 Å². The van der Waals surface area contributed by atoms with E-state index >= 15 is 0 Å². The van der Waals surface area contributed by atoms with E-state index < -0.39 is 16.1 Å². The van der Waals surface area contributed by atoms with Gasteiger partial charge in [0, 0.05) is 30.6 Å². The van der Waals surface area contributed by atoms with E-state index in [1.165, 1.54) is 17.0 Å². The fourth-order valence-corrected chi connectivity index (χ4v) is 6.38. The van der Waals surface area contributed by atoms with E-state index in [1.807, 2.05) is 45.0 Å². The fraction of sp³-hybridized carbons (Fsp3) is 0.533. The highest BCUT2D eigenvalue weighted by atomic mass is 35.5. The van der Waals surface area contributed by atoms with Crippen molar-refractivity contribution in [2.45, 2.75) is 90.8 Å². The normalized spacial score (nSPS) is 15.0. The third-order valence-corrected chi connectivity index (χ3v) is 9.03. The molecule has 1 aliphatic carbocycles. The molecule has 0 saturated heterocycles. The first kappa shape index (κ1) is 31.0. The summed E-state index contributed by atoms with van der Waals surface area (Å²) >= 11 is 6.07. The minimum absolute atomic E-state index is 0.123. The molecule has 2 amide bonds. The van der Waals surface area contributed by atoms with Crippen molar-refractivity contribution in [1.29, 1.82) is 0 Å². The van der Waals surface area contributed by atoms with Crippen LogP contribution in [0.3, 0.4) is 0 Å². The minimum atomic E-state index is -3.55. The molecule has 1 atom stereocenters. The SMILES string of the molecule is CC[C@H](C(=O)NC1CCCCC1)N(Cc1ccc(Cl)cc1)C(=O)CCCN(c1cccc(C)c1C)S(C)(=O)=O. The Morgan fingerprint density at radius 1 is 1.05 bits per heavy atom. The zero-order valence-electron chi connectivity index (χ0n) is 23.6. The second kappa shape index (κ2) is 14.2. The summed E-state index contributed by atoms with van der Waals surface area (Å²) in [6.07, 6.45) is 7.45. The van der Waals surface area contributed by atoms with Crippen LogP contribution in [0.25, 0.3) is 0 Å². The Morgan fingerprint density at radius 2 is 1.72 bits per heavy atom. The van der Waals surface area contributed by atoms with Gasteiger partial charge in [0.1, 0.15) is 6.04 Å². The van der Waals surface area contributed by atoms with Crippen molar-refractivity contribution < 1.29 is 18.0 Å². The van der Waals surface area contributed by atoms with Crippen molar-refractivity contribution in [1.82, 2.24) is 10.2 Å². The lowest BCUT2D eigenvalue weighted by atomic mass is 9.95. The van der Waals surface area contributed by atoms with Crippen LogP contribution in [0.15, 0.2) is 42.5 Å². The number of amides is 2. The molecule has 2 aromatic rings. The van der Waals surface area contributed by atoms with E-state index in [1.54, 1.807) is 23.1 Å². The molecule has 0 heterocycles. The lowest BCUT2D eigenvalue weighted by Gasteiger charge is -2.33. The van der Waals surface area contributed by atoms with Crippen molar-refractivity contribution in [3.63, 3.8) is 0 Å². The lowest BCUT2D eigenvalue weighted by molar-refractivity contribution is -0.141. The topological polar surface area (TPSA) is 86.8 Å². The van der Waals surface area contributed by atoms with Crippen LogP contribution in [0.2, 0.25) is 5.02 Å².